The average molecular weight is 418 g/mol. The molecule has 0 radical (unpaired) electrons. The molecular weight excluding hydrogens is 392 g/mol. The molecule has 1 aromatic rings. The van der Waals surface area contributed by atoms with E-state index in [1.165, 1.54) is 27.3 Å². The molecule has 0 amide bonds. The van der Waals surface area contributed by atoms with E-state index in [0.29, 0.717) is 5.69 Å². The van der Waals surface area contributed by atoms with Gasteiger partial charge in [-0.2, -0.15) is 0 Å². The second kappa shape index (κ2) is 9.75. The summed E-state index contributed by atoms with van der Waals surface area (Å²) in [6, 6.07) is 1.51. The van der Waals surface area contributed by atoms with Gasteiger partial charge in [0.15, 0.2) is 5.69 Å². The van der Waals surface area contributed by atoms with Crippen LogP contribution < -0.4 is 4.90 Å². The van der Waals surface area contributed by atoms with Gasteiger partial charge in [-0.25, -0.2) is 27.5 Å². The Balaban J connectivity index is 0.000000892. The van der Waals surface area contributed by atoms with Crippen molar-refractivity contribution in [2.75, 3.05) is 44.9 Å². The van der Waals surface area contributed by atoms with Crippen LogP contribution in [0.3, 0.4) is 0 Å². The van der Waals surface area contributed by atoms with Gasteiger partial charge in [-0.15, -0.1) is 0 Å². The lowest BCUT2D eigenvalue weighted by Gasteiger charge is -2.18. The van der Waals surface area contributed by atoms with Gasteiger partial charge < -0.3 is 19.8 Å². The van der Waals surface area contributed by atoms with E-state index in [-0.39, 0.29) is 30.5 Å². The van der Waals surface area contributed by atoms with Gasteiger partial charge in [0.2, 0.25) is 16.0 Å². The van der Waals surface area contributed by atoms with E-state index >= 15 is 0 Å². The first-order chi connectivity index (χ1) is 12.9. The van der Waals surface area contributed by atoms with Gasteiger partial charge in [0, 0.05) is 45.7 Å². The van der Waals surface area contributed by atoms with Crippen LogP contribution in [0.25, 0.3) is 0 Å². The molecule has 2 atom stereocenters. The minimum absolute atomic E-state index is 0.124. The molecule has 12 heteroatoms. The van der Waals surface area contributed by atoms with Gasteiger partial charge in [0.05, 0.1) is 19.0 Å². The largest absolute Gasteiger partial charge is 0.481 e. The molecule has 0 spiro atoms. The SMILES string of the molecule is CC(=O)O.COC(=O)c1cc(C)nc(N2C[C@@H](CS(=O)(=O)N(C)C)[C@H](O)C2)n1. The van der Waals surface area contributed by atoms with Crippen molar-refractivity contribution >= 4 is 27.9 Å². The van der Waals surface area contributed by atoms with Gasteiger partial charge in [0.25, 0.3) is 5.97 Å². The molecule has 11 nitrogen and oxygen atoms in total. The highest BCUT2D eigenvalue weighted by Crippen LogP contribution is 2.24. The Morgan fingerprint density at radius 1 is 1.32 bits per heavy atom. The molecule has 2 rings (SSSR count). The smallest absolute Gasteiger partial charge is 0.356 e. The number of aromatic nitrogens is 2. The second-order valence-corrected chi connectivity index (χ2v) is 8.73. The molecule has 1 aromatic heterocycles. The van der Waals surface area contributed by atoms with E-state index in [2.05, 4.69) is 14.7 Å². The summed E-state index contributed by atoms with van der Waals surface area (Å²) in [5, 5.41) is 17.6. The molecule has 0 saturated carbocycles. The quantitative estimate of drug-likeness (QED) is 0.590. The predicted octanol–water partition coefficient (Wildman–Crippen LogP) is -0.649. The van der Waals surface area contributed by atoms with Crippen molar-refractivity contribution in [1.82, 2.24) is 14.3 Å². The lowest BCUT2D eigenvalue weighted by molar-refractivity contribution is -0.134. The number of aliphatic hydroxyl groups excluding tert-OH is 1. The standard InChI is InChI=1S/C14H22N4O5S.C2H4O2/c1-9-5-11(13(20)23-4)16-14(15-9)18-6-10(12(19)7-18)8-24(21,22)17(2)3;1-2(3)4/h5,10,12,19H,6-8H2,1-4H3;1H3,(H,3,4)/t10-,12+;/m0./s1. The van der Waals surface area contributed by atoms with Crippen LogP contribution in [0, 0.1) is 12.8 Å². The zero-order valence-electron chi connectivity index (χ0n) is 16.5. The number of aryl methyl sites for hydroxylation is 1. The van der Waals surface area contributed by atoms with Crippen LogP contribution >= 0.6 is 0 Å². The fourth-order valence-corrected chi connectivity index (χ4v) is 3.67. The van der Waals surface area contributed by atoms with Crippen LogP contribution in [0.5, 0.6) is 0 Å². The van der Waals surface area contributed by atoms with E-state index in [1.54, 1.807) is 11.8 Å². The molecule has 1 fully saturated rings. The van der Waals surface area contributed by atoms with E-state index in [4.69, 9.17) is 9.90 Å². The Labute approximate surface area is 164 Å². The summed E-state index contributed by atoms with van der Waals surface area (Å²) in [4.78, 5) is 30.8. The van der Waals surface area contributed by atoms with E-state index in [1.807, 2.05) is 0 Å². The monoisotopic (exact) mass is 418 g/mol. The summed E-state index contributed by atoms with van der Waals surface area (Å²) < 4.78 is 29.8. The zero-order chi connectivity index (χ0) is 21.6. The summed E-state index contributed by atoms with van der Waals surface area (Å²) in [6.45, 7) is 3.30. The van der Waals surface area contributed by atoms with Crippen LogP contribution in [0.4, 0.5) is 5.95 Å². The molecule has 0 unspecified atom stereocenters. The number of aliphatic carboxylic acids is 1. The van der Waals surface area contributed by atoms with Gasteiger partial charge in [-0.05, 0) is 13.0 Å². The van der Waals surface area contributed by atoms with E-state index < -0.39 is 34.0 Å². The van der Waals surface area contributed by atoms with Gasteiger partial charge in [-0.1, -0.05) is 0 Å². The number of hydrogen-bond acceptors (Lipinski definition) is 9. The Bertz CT molecular complexity index is 809. The summed E-state index contributed by atoms with van der Waals surface area (Å²) in [5.41, 5.74) is 0.707. The number of carbonyl (C=O) groups is 2. The van der Waals surface area contributed by atoms with Crippen molar-refractivity contribution < 1.29 is 33.0 Å². The Hall–Kier alpha value is -2.31. The van der Waals surface area contributed by atoms with Crippen molar-refractivity contribution in [3.05, 3.63) is 17.5 Å². The van der Waals surface area contributed by atoms with Crippen molar-refractivity contribution in [2.24, 2.45) is 5.92 Å². The highest BCUT2D eigenvalue weighted by Gasteiger charge is 2.36. The number of carbonyl (C=O) groups excluding carboxylic acids is 1. The van der Waals surface area contributed by atoms with E-state index in [0.717, 1.165) is 11.2 Å². The lowest BCUT2D eigenvalue weighted by atomic mass is 10.1. The van der Waals surface area contributed by atoms with Crippen LogP contribution in [0.2, 0.25) is 0 Å². The molecule has 0 aromatic carbocycles. The van der Waals surface area contributed by atoms with Gasteiger partial charge in [0.1, 0.15) is 0 Å². The average Bonchev–Trinajstić information content (AvgIpc) is 2.93. The number of sulfonamides is 1. The number of nitrogens with zero attached hydrogens (tertiary/aromatic N) is 4. The normalized spacial score (nSPS) is 19.2. The number of esters is 1. The zero-order valence-corrected chi connectivity index (χ0v) is 17.3. The molecule has 1 saturated heterocycles. The summed E-state index contributed by atoms with van der Waals surface area (Å²) in [5.74, 6) is -1.75. The molecule has 0 aliphatic carbocycles. The number of rotatable bonds is 5. The Morgan fingerprint density at radius 2 is 1.89 bits per heavy atom. The summed E-state index contributed by atoms with van der Waals surface area (Å²) in [7, 11) is 0.761. The summed E-state index contributed by atoms with van der Waals surface area (Å²) in [6.07, 6.45) is -0.814. The number of ether oxygens (including phenoxy) is 1. The number of aliphatic hydroxyl groups is 1. The third kappa shape index (κ3) is 6.69. The molecule has 0 bridgehead atoms. The maximum Gasteiger partial charge on any atom is 0.356 e. The lowest BCUT2D eigenvalue weighted by Crippen LogP contribution is -2.33. The molecule has 158 valence electrons. The highest BCUT2D eigenvalue weighted by molar-refractivity contribution is 7.89. The molecule has 1 aliphatic rings. The topological polar surface area (TPSA) is 150 Å². The highest BCUT2D eigenvalue weighted by atomic mass is 32.2. The van der Waals surface area contributed by atoms with Crippen molar-refractivity contribution in [2.45, 2.75) is 20.0 Å². The van der Waals surface area contributed by atoms with Crippen molar-refractivity contribution in [1.29, 1.82) is 0 Å². The molecule has 1 aliphatic heterocycles. The Morgan fingerprint density at radius 3 is 2.39 bits per heavy atom. The van der Waals surface area contributed by atoms with Crippen molar-refractivity contribution in [3.8, 4) is 0 Å². The molecular formula is C16H26N4O7S. The first kappa shape index (κ1) is 23.7. The van der Waals surface area contributed by atoms with Crippen molar-refractivity contribution in [3.63, 3.8) is 0 Å². The van der Waals surface area contributed by atoms with E-state index in [9.17, 15) is 18.3 Å². The number of anilines is 1. The minimum atomic E-state index is -3.42. The maximum absolute atomic E-state index is 12.0. The van der Waals surface area contributed by atoms with Crippen LogP contribution in [-0.4, -0.2) is 91.0 Å². The fourth-order valence-electron chi connectivity index (χ4n) is 2.50. The maximum atomic E-state index is 12.0. The second-order valence-electron chi connectivity index (χ2n) is 6.50. The third-order valence-electron chi connectivity index (χ3n) is 3.91. The Kier molecular flexibility index (Phi) is 8.27. The third-order valence-corrected chi connectivity index (χ3v) is 5.87. The summed E-state index contributed by atoms with van der Waals surface area (Å²) >= 11 is 0. The first-order valence-corrected chi connectivity index (χ1v) is 9.95. The van der Waals surface area contributed by atoms with Gasteiger partial charge in [-0.3, -0.25) is 4.79 Å². The number of carboxylic acid groups (broad SMARTS) is 1. The number of carboxylic acids is 1. The van der Waals surface area contributed by atoms with Crippen LogP contribution in [-0.2, 0) is 19.6 Å². The molecule has 2 heterocycles. The molecule has 28 heavy (non-hydrogen) atoms. The van der Waals surface area contributed by atoms with Crippen LogP contribution in [0.1, 0.15) is 23.1 Å². The number of β-amino-alcohol motifs (C(OH)–C–C–N with tert-alkyl or cyclic N) is 1. The predicted molar refractivity (Wildman–Crippen MR) is 101 cm³/mol. The number of methoxy groups -OCH3 is 1. The fraction of sp³-hybridized carbons (Fsp3) is 0.625. The minimum Gasteiger partial charge on any atom is -0.481 e. The van der Waals surface area contributed by atoms with Crippen LogP contribution in [0.15, 0.2) is 6.07 Å². The number of hydrogen-bond donors (Lipinski definition) is 2. The van der Waals surface area contributed by atoms with Gasteiger partial charge >= 0.3 is 5.97 Å². The first-order valence-electron chi connectivity index (χ1n) is 8.34. The molecule has 2 N–H and O–H groups in total.